The Morgan fingerprint density at radius 2 is 1.50 bits per heavy atom. The first-order valence-corrected chi connectivity index (χ1v) is 6.65. The highest BCUT2D eigenvalue weighted by Crippen LogP contribution is 2.30. The minimum atomic E-state index is 0.776. The molecule has 0 aliphatic heterocycles. The molecule has 20 heavy (non-hydrogen) atoms. The Balaban J connectivity index is 2.33. The monoisotopic (exact) mass is 265 g/mol. The third-order valence-electron chi connectivity index (χ3n) is 3.30. The number of aliphatic imine (C=N–C) groups is 2. The van der Waals surface area contributed by atoms with Gasteiger partial charge in [-0.3, -0.25) is 9.98 Å². The van der Waals surface area contributed by atoms with E-state index in [1.807, 2.05) is 36.4 Å². The van der Waals surface area contributed by atoms with Crippen molar-refractivity contribution in [1.82, 2.24) is 0 Å². The predicted octanol–water partition coefficient (Wildman–Crippen LogP) is 4.38. The molecule has 0 heterocycles. The summed E-state index contributed by atoms with van der Waals surface area (Å²) in [5, 5.41) is 0. The molecule has 3 heteroatoms. The Kier molecular flexibility index (Phi) is 4.66. The van der Waals surface area contributed by atoms with Crippen LogP contribution in [0, 0.1) is 0 Å². The smallest absolute Gasteiger partial charge is 0.0855 e. The third-order valence-corrected chi connectivity index (χ3v) is 3.30. The number of hydrogen-bond donors (Lipinski definition) is 0. The fourth-order valence-electron chi connectivity index (χ4n) is 2.24. The lowest BCUT2D eigenvalue weighted by atomic mass is 10.1. The van der Waals surface area contributed by atoms with E-state index >= 15 is 0 Å². The lowest BCUT2D eigenvalue weighted by Crippen LogP contribution is -2.22. The van der Waals surface area contributed by atoms with E-state index < -0.39 is 0 Å². The van der Waals surface area contributed by atoms with E-state index in [-0.39, 0.29) is 0 Å². The maximum Gasteiger partial charge on any atom is 0.0855 e. The Hall–Kier alpha value is -2.42. The molecule has 2 aromatic carbocycles. The van der Waals surface area contributed by atoms with Gasteiger partial charge in [0.05, 0.1) is 17.1 Å². The molecular formula is C17H19N3. The van der Waals surface area contributed by atoms with Crippen LogP contribution in [-0.2, 0) is 6.54 Å². The molecule has 0 unspecified atom stereocenters. The number of para-hydroxylation sites is 3. The molecule has 2 aromatic rings. The highest BCUT2D eigenvalue weighted by molar-refractivity contribution is 5.69. The van der Waals surface area contributed by atoms with Crippen LogP contribution in [0.25, 0.3) is 0 Å². The SMILES string of the molecule is C=Nc1ccccc1CN(CC)c1ccccc1N=C. The summed E-state index contributed by atoms with van der Waals surface area (Å²) in [5.41, 5.74) is 4.07. The molecule has 0 aliphatic rings. The van der Waals surface area contributed by atoms with Crippen LogP contribution in [0.2, 0.25) is 0 Å². The van der Waals surface area contributed by atoms with Gasteiger partial charge in [0.1, 0.15) is 0 Å². The van der Waals surface area contributed by atoms with Crippen LogP contribution in [0.5, 0.6) is 0 Å². The molecule has 3 nitrogen and oxygen atoms in total. The van der Waals surface area contributed by atoms with Crippen molar-refractivity contribution in [2.45, 2.75) is 13.5 Å². The van der Waals surface area contributed by atoms with E-state index in [1.54, 1.807) is 0 Å². The molecule has 0 amide bonds. The lowest BCUT2D eigenvalue weighted by molar-refractivity contribution is 0.832. The average Bonchev–Trinajstić information content (AvgIpc) is 2.53. The standard InChI is InChI=1S/C17H19N3/c1-4-20(17-12-8-7-11-16(17)19-3)13-14-9-5-6-10-15(14)18-2/h5-12H,2-4,13H2,1H3. The van der Waals surface area contributed by atoms with Crippen molar-refractivity contribution in [2.24, 2.45) is 9.98 Å². The van der Waals surface area contributed by atoms with Gasteiger partial charge in [-0.2, -0.15) is 0 Å². The van der Waals surface area contributed by atoms with Gasteiger partial charge in [0.15, 0.2) is 0 Å². The van der Waals surface area contributed by atoms with E-state index in [9.17, 15) is 0 Å². The van der Waals surface area contributed by atoms with Crippen LogP contribution in [0.4, 0.5) is 17.1 Å². The number of anilines is 1. The van der Waals surface area contributed by atoms with Crippen molar-refractivity contribution in [1.29, 1.82) is 0 Å². The highest BCUT2D eigenvalue weighted by Gasteiger charge is 2.10. The first kappa shape index (κ1) is 14.0. The Morgan fingerprint density at radius 3 is 2.15 bits per heavy atom. The van der Waals surface area contributed by atoms with Crippen LogP contribution < -0.4 is 4.90 Å². The summed E-state index contributed by atoms with van der Waals surface area (Å²) in [6.45, 7) is 11.1. The minimum absolute atomic E-state index is 0.776. The van der Waals surface area contributed by atoms with E-state index in [2.05, 4.69) is 47.4 Å². The Labute approximate surface area is 120 Å². The average molecular weight is 265 g/mol. The van der Waals surface area contributed by atoms with Gasteiger partial charge in [-0.1, -0.05) is 30.3 Å². The fraction of sp³-hybridized carbons (Fsp3) is 0.176. The van der Waals surface area contributed by atoms with Gasteiger partial charge in [0.2, 0.25) is 0 Å². The maximum absolute atomic E-state index is 4.10. The molecule has 102 valence electrons. The van der Waals surface area contributed by atoms with Gasteiger partial charge in [-0.15, -0.1) is 0 Å². The summed E-state index contributed by atoms with van der Waals surface area (Å²) in [4.78, 5) is 10.4. The van der Waals surface area contributed by atoms with Crippen molar-refractivity contribution in [2.75, 3.05) is 11.4 Å². The van der Waals surface area contributed by atoms with Gasteiger partial charge in [-0.25, -0.2) is 0 Å². The molecule has 0 aliphatic carbocycles. The van der Waals surface area contributed by atoms with Gasteiger partial charge >= 0.3 is 0 Å². The Bertz CT molecular complexity index is 605. The lowest BCUT2D eigenvalue weighted by Gasteiger charge is -2.25. The summed E-state index contributed by atoms with van der Waals surface area (Å²) in [7, 11) is 0. The molecule has 0 saturated carbocycles. The largest absolute Gasteiger partial charge is 0.366 e. The zero-order valence-corrected chi connectivity index (χ0v) is 11.8. The first-order chi connectivity index (χ1) is 9.80. The van der Waals surface area contributed by atoms with Crippen molar-refractivity contribution in [3.8, 4) is 0 Å². The summed E-state index contributed by atoms with van der Waals surface area (Å²) in [5.74, 6) is 0. The van der Waals surface area contributed by atoms with Crippen molar-refractivity contribution >= 4 is 30.5 Å². The van der Waals surface area contributed by atoms with Gasteiger partial charge in [0, 0.05) is 13.1 Å². The molecule has 0 aromatic heterocycles. The van der Waals surface area contributed by atoms with E-state index in [0.717, 1.165) is 35.7 Å². The minimum Gasteiger partial charge on any atom is -0.366 e. The molecule has 0 saturated heterocycles. The van der Waals surface area contributed by atoms with Crippen molar-refractivity contribution < 1.29 is 0 Å². The summed E-state index contributed by atoms with van der Waals surface area (Å²) >= 11 is 0. The van der Waals surface area contributed by atoms with E-state index in [1.165, 1.54) is 0 Å². The summed E-state index contributed by atoms with van der Waals surface area (Å²) in [6.07, 6.45) is 0. The topological polar surface area (TPSA) is 28.0 Å². The van der Waals surface area contributed by atoms with Gasteiger partial charge < -0.3 is 4.90 Å². The number of hydrogen-bond acceptors (Lipinski definition) is 3. The van der Waals surface area contributed by atoms with Crippen LogP contribution >= 0.6 is 0 Å². The van der Waals surface area contributed by atoms with E-state index in [4.69, 9.17) is 0 Å². The molecule has 0 spiro atoms. The van der Waals surface area contributed by atoms with Crippen LogP contribution in [-0.4, -0.2) is 20.0 Å². The molecule has 0 bridgehead atoms. The second kappa shape index (κ2) is 6.66. The van der Waals surface area contributed by atoms with Gasteiger partial charge in [-0.05, 0) is 44.1 Å². The second-order valence-electron chi connectivity index (χ2n) is 4.45. The van der Waals surface area contributed by atoms with Gasteiger partial charge in [0.25, 0.3) is 0 Å². The van der Waals surface area contributed by atoms with E-state index in [0.29, 0.717) is 0 Å². The number of nitrogens with zero attached hydrogens (tertiary/aromatic N) is 3. The zero-order valence-electron chi connectivity index (χ0n) is 11.8. The summed E-state index contributed by atoms with van der Waals surface area (Å²) < 4.78 is 0. The van der Waals surface area contributed by atoms with Crippen molar-refractivity contribution in [3.63, 3.8) is 0 Å². The third kappa shape index (κ3) is 2.94. The molecular weight excluding hydrogens is 246 g/mol. The molecule has 2 rings (SSSR count). The normalized spacial score (nSPS) is 10.1. The van der Waals surface area contributed by atoms with Crippen LogP contribution in [0.15, 0.2) is 58.5 Å². The number of benzene rings is 2. The fourth-order valence-corrected chi connectivity index (χ4v) is 2.24. The quantitative estimate of drug-likeness (QED) is 0.712. The zero-order chi connectivity index (χ0) is 14.4. The van der Waals surface area contributed by atoms with Crippen molar-refractivity contribution in [3.05, 3.63) is 54.1 Å². The number of rotatable bonds is 6. The molecule has 0 fully saturated rings. The highest BCUT2D eigenvalue weighted by atomic mass is 15.1. The molecule has 0 radical (unpaired) electrons. The first-order valence-electron chi connectivity index (χ1n) is 6.65. The van der Waals surface area contributed by atoms with Crippen LogP contribution in [0.3, 0.4) is 0 Å². The second-order valence-corrected chi connectivity index (χ2v) is 4.45. The maximum atomic E-state index is 4.10. The van der Waals surface area contributed by atoms with Crippen LogP contribution in [0.1, 0.15) is 12.5 Å². The molecule has 0 N–H and O–H groups in total. The predicted molar refractivity (Wildman–Crippen MR) is 88.0 cm³/mol. The summed E-state index contributed by atoms with van der Waals surface area (Å²) in [6, 6.07) is 16.1. The molecule has 0 atom stereocenters. The Morgan fingerprint density at radius 1 is 0.900 bits per heavy atom.